The molecule has 1 N–H and O–H groups in total. The average Bonchev–Trinajstić information content (AvgIpc) is 2.90. The van der Waals surface area contributed by atoms with Crippen LogP contribution in [0, 0.1) is 12.7 Å². The second-order valence-corrected chi connectivity index (χ2v) is 10.6. The molecule has 0 spiro atoms. The number of anilines is 1. The van der Waals surface area contributed by atoms with Crippen molar-refractivity contribution in [2.24, 2.45) is 0 Å². The van der Waals surface area contributed by atoms with E-state index in [9.17, 15) is 22.4 Å². The molecule has 0 aliphatic rings. The Balaban J connectivity index is 2.01. The summed E-state index contributed by atoms with van der Waals surface area (Å²) < 4.78 is 42.8. The second kappa shape index (κ2) is 12.5. The molecule has 2 amide bonds. The Kier molecular flexibility index (Phi) is 9.41. The molecule has 3 aromatic carbocycles. The van der Waals surface area contributed by atoms with Crippen LogP contribution in [0.2, 0.25) is 0 Å². The number of hydrogen-bond acceptors (Lipinski definition) is 4. The van der Waals surface area contributed by atoms with Gasteiger partial charge in [0.05, 0.1) is 10.6 Å². The Bertz CT molecular complexity index is 1310. The summed E-state index contributed by atoms with van der Waals surface area (Å²) in [6.07, 6.45) is 0.705. The molecule has 0 aliphatic carbocycles. The van der Waals surface area contributed by atoms with E-state index in [0.29, 0.717) is 18.7 Å². The molecule has 3 aromatic rings. The van der Waals surface area contributed by atoms with Crippen molar-refractivity contribution in [1.29, 1.82) is 0 Å². The topological polar surface area (TPSA) is 86.8 Å². The molecule has 1 atom stereocenters. The molecule has 0 aliphatic heterocycles. The largest absolute Gasteiger partial charge is 0.354 e. The average molecular weight is 526 g/mol. The highest BCUT2D eigenvalue weighted by Gasteiger charge is 2.32. The molecule has 196 valence electrons. The van der Waals surface area contributed by atoms with E-state index in [1.54, 1.807) is 55.5 Å². The highest BCUT2D eigenvalue weighted by molar-refractivity contribution is 7.92. The van der Waals surface area contributed by atoms with Crippen molar-refractivity contribution >= 4 is 27.5 Å². The van der Waals surface area contributed by atoms with Gasteiger partial charge in [-0.15, -0.1) is 0 Å². The second-order valence-electron chi connectivity index (χ2n) is 8.74. The molecule has 0 heterocycles. The fraction of sp³-hybridized carbons (Fsp3) is 0.286. The number of nitrogens with zero attached hydrogens (tertiary/aromatic N) is 2. The number of aryl methyl sites for hydroxylation is 1. The predicted octanol–water partition coefficient (Wildman–Crippen LogP) is 4.27. The van der Waals surface area contributed by atoms with Crippen LogP contribution in [0.1, 0.15) is 31.4 Å². The molecule has 0 saturated carbocycles. The summed E-state index contributed by atoms with van der Waals surface area (Å²) in [5.41, 5.74) is 1.45. The van der Waals surface area contributed by atoms with Crippen molar-refractivity contribution in [3.63, 3.8) is 0 Å². The third-order valence-electron chi connectivity index (χ3n) is 5.95. The zero-order valence-corrected chi connectivity index (χ0v) is 22.0. The molecule has 3 rings (SSSR count). The Morgan fingerprint density at radius 3 is 2.19 bits per heavy atom. The maximum atomic E-state index is 14.5. The fourth-order valence-electron chi connectivity index (χ4n) is 3.75. The summed E-state index contributed by atoms with van der Waals surface area (Å²) in [6.45, 7) is 4.98. The van der Waals surface area contributed by atoms with Crippen LogP contribution in [0.25, 0.3) is 0 Å². The lowest BCUT2D eigenvalue weighted by Crippen LogP contribution is -2.51. The minimum Gasteiger partial charge on any atom is -0.354 e. The van der Waals surface area contributed by atoms with Gasteiger partial charge in [-0.1, -0.05) is 61.0 Å². The van der Waals surface area contributed by atoms with Crippen LogP contribution in [-0.4, -0.2) is 44.3 Å². The monoisotopic (exact) mass is 525 g/mol. The SMILES string of the molecule is CCCNC(=O)[C@H](C)N(Cc1ccccc1F)C(=O)CN(c1ccc(C)cc1)S(=O)(=O)c1ccccc1. The fourth-order valence-corrected chi connectivity index (χ4v) is 5.18. The zero-order chi connectivity index (χ0) is 27.0. The van der Waals surface area contributed by atoms with Crippen molar-refractivity contribution in [3.8, 4) is 0 Å². The lowest BCUT2D eigenvalue weighted by Gasteiger charge is -2.32. The van der Waals surface area contributed by atoms with Gasteiger partial charge in [0.2, 0.25) is 11.8 Å². The molecule has 0 fully saturated rings. The number of sulfonamides is 1. The lowest BCUT2D eigenvalue weighted by molar-refractivity contribution is -0.139. The van der Waals surface area contributed by atoms with Crippen LogP contribution in [-0.2, 0) is 26.2 Å². The molecule has 0 aromatic heterocycles. The molecule has 9 heteroatoms. The van der Waals surface area contributed by atoms with E-state index in [2.05, 4.69) is 5.32 Å². The van der Waals surface area contributed by atoms with E-state index in [0.717, 1.165) is 9.87 Å². The summed E-state index contributed by atoms with van der Waals surface area (Å²) in [4.78, 5) is 27.8. The third-order valence-corrected chi connectivity index (χ3v) is 7.74. The van der Waals surface area contributed by atoms with Crippen LogP contribution in [0.4, 0.5) is 10.1 Å². The maximum Gasteiger partial charge on any atom is 0.264 e. The summed E-state index contributed by atoms with van der Waals surface area (Å²) in [6, 6.07) is 19.6. The summed E-state index contributed by atoms with van der Waals surface area (Å²) in [5.74, 6) is -1.56. The van der Waals surface area contributed by atoms with Gasteiger partial charge in [0, 0.05) is 18.7 Å². The Morgan fingerprint density at radius 2 is 1.57 bits per heavy atom. The molecule has 0 radical (unpaired) electrons. The van der Waals surface area contributed by atoms with Crippen molar-refractivity contribution < 1.29 is 22.4 Å². The predicted molar refractivity (Wildman–Crippen MR) is 142 cm³/mol. The van der Waals surface area contributed by atoms with Gasteiger partial charge in [-0.3, -0.25) is 13.9 Å². The standard InChI is InChI=1S/C28H32FN3O4S/c1-4-18-30-28(34)22(3)31(19-23-10-8-9-13-26(23)29)27(33)20-32(24-16-14-21(2)15-17-24)37(35,36)25-11-6-5-7-12-25/h5-17,22H,4,18-20H2,1-3H3,(H,30,34)/t22-/m0/s1. The maximum absolute atomic E-state index is 14.5. The van der Waals surface area contributed by atoms with Gasteiger partial charge in [0.1, 0.15) is 18.4 Å². The molecule has 37 heavy (non-hydrogen) atoms. The Hall–Kier alpha value is -3.72. The van der Waals surface area contributed by atoms with E-state index in [-0.39, 0.29) is 17.0 Å². The number of amides is 2. The van der Waals surface area contributed by atoms with Gasteiger partial charge in [-0.25, -0.2) is 12.8 Å². The minimum atomic E-state index is -4.13. The smallest absolute Gasteiger partial charge is 0.264 e. The first-order valence-electron chi connectivity index (χ1n) is 12.1. The summed E-state index contributed by atoms with van der Waals surface area (Å²) in [5, 5.41) is 2.76. The van der Waals surface area contributed by atoms with Crippen LogP contribution >= 0.6 is 0 Å². The van der Waals surface area contributed by atoms with Crippen LogP contribution in [0.3, 0.4) is 0 Å². The van der Waals surface area contributed by atoms with Gasteiger partial charge < -0.3 is 10.2 Å². The number of benzene rings is 3. The first kappa shape index (κ1) is 27.9. The molecular weight excluding hydrogens is 493 g/mol. The van der Waals surface area contributed by atoms with E-state index >= 15 is 0 Å². The van der Waals surface area contributed by atoms with Crippen molar-refractivity contribution in [2.45, 2.75) is 44.7 Å². The molecule has 0 bridgehead atoms. The molecule has 0 saturated heterocycles. The van der Waals surface area contributed by atoms with E-state index in [1.807, 2.05) is 13.8 Å². The number of carbonyl (C=O) groups excluding carboxylic acids is 2. The number of carbonyl (C=O) groups is 2. The molecule has 0 unspecified atom stereocenters. The summed E-state index contributed by atoms with van der Waals surface area (Å²) >= 11 is 0. The zero-order valence-electron chi connectivity index (χ0n) is 21.2. The quantitative estimate of drug-likeness (QED) is 0.405. The van der Waals surface area contributed by atoms with Crippen molar-refractivity contribution in [1.82, 2.24) is 10.2 Å². The van der Waals surface area contributed by atoms with Crippen molar-refractivity contribution in [3.05, 3.63) is 95.8 Å². The minimum absolute atomic E-state index is 0.0257. The number of halogens is 1. The first-order valence-corrected chi connectivity index (χ1v) is 13.5. The Labute approximate surface area is 218 Å². The highest BCUT2D eigenvalue weighted by Crippen LogP contribution is 2.25. The van der Waals surface area contributed by atoms with Crippen LogP contribution < -0.4 is 9.62 Å². The first-order chi connectivity index (χ1) is 17.6. The number of nitrogens with one attached hydrogen (secondary N) is 1. The van der Waals surface area contributed by atoms with E-state index in [4.69, 9.17) is 0 Å². The molecule has 7 nitrogen and oxygen atoms in total. The number of hydrogen-bond donors (Lipinski definition) is 1. The van der Waals surface area contributed by atoms with Gasteiger partial charge in [0.15, 0.2) is 0 Å². The third kappa shape index (κ3) is 6.95. The van der Waals surface area contributed by atoms with Crippen LogP contribution in [0.5, 0.6) is 0 Å². The van der Waals surface area contributed by atoms with Gasteiger partial charge >= 0.3 is 0 Å². The molecular formula is C28H32FN3O4S. The van der Waals surface area contributed by atoms with Gasteiger partial charge in [-0.05, 0) is 50.6 Å². The normalized spacial score (nSPS) is 12.0. The Morgan fingerprint density at radius 1 is 0.946 bits per heavy atom. The number of rotatable bonds is 11. The van der Waals surface area contributed by atoms with E-state index < -0.39 is 40.2 Å². The van der Waals surface area contributed by atoms with Crippen molar-refractivity contribution in [2.75, 3.05) is 17.4 Å². The van der Waals surface area contributed by atoms with Gasteiger partial charge in [-0.2, -0.15) is 0 Å². The van der Waals surface area contributed by atoms with E-state index in [1.165, 1.54) is 35.2 Å². The van der Waals surface area contributed by atoms with Gasteiger partial charge in [0.25, 0.3) is 10.0 Å². The lowest BCUT2D eigenvalue weighted by atomic mass is 10.1. The highest BCUT2D eigenvalue weighted by atomic mass is 32.2. The van der Waals surface area contributed by atoms with Crippen LogP contribution in [0.15, 0.2) is 83.8 Å². The summed E-state index contributed by atoms with van der Waals surface area (Å²) in [7, 11) is -4.13.